The molecule has 3 aliphatic rings. The summed E-state index contributed by atoms with van der Waals surface area (Å²) in [6, 6.07) is 11.3. The van der Waals surface area contributed by atoms with Crippen molar-refractivity contribution in [3.8, 4) is 11.1 Å². The average molecular weight is 683 g/mol. The molecule has 2 aromatic carbocycles. The standard InChI is InChI=1S/C43H64F2O4/c1-5-7-9-11-13-15-17-36-28-46-42(48-30(36)3)35-24-20-33(21-25-35)32-18-22-34(23-19-32)38-26-27-39(41(45)40(38)44)43-47-29-37(31(4)49-43)16-14-12-10-8-6-2/h18-19,22-23,26-27,30-31,33,35-37,42-43H,5-17,20-21,24-25,28-29H2,1-4H3/t30?,31?,33?,35?,36-,37-,42-,43-/m1/s1. The Morgan fingerprint density at radius 3 is 1.78 bits per heavy atom. The lowest BCUT2D eigenvalue weighted by atomic mass is 9.78. The zero-order chi connectivity index (χ0) is 34.6. The van der Waals surface area contributed by atoms with Crippen molar-refractivity contribution in [2.75, 3.05) is 13.2 Å². The van der Waals surface area contributed by atoms with Gasteiger partial charge in [-0.2, -0.15) is 0 Å². The molecule has 2 heterocycles. The summed E-state index contributed by atoms with van der Waals surface area (Å²) >= 11 is 0. The molecule has 1 saturated carbocycles. The Labute approximate surface area is 296 Å². The van der Waals surface area contributed by atoms with Crippen LogP contribution >= 0.6 is 0 Å². The van der Waals surface area contributed by atoms with Gasteiger partial charge in [0, 0.05) is 28.9 Å². The largest absolute Gasteiger partial charge is 0.352 e. The van der Waals surface area contributed by atoms with E-state index in [0.717, 1.165) is 45.1 Å². The molecule has 3 fully saturated rings. The van der Waals surface area contributed by atoms with Crippen LogP contribution in [-0.2, 0) is 18.9 Å². The van der Waals surface area contributed by atoms with E-state index < -0.39 is 17.9 Å². The van der Waals surface area contributed by atoms with Gasteiger partial charge in [0.15, 0.2) is 24.2 Å². The highest BCUT2D eigenvalue weighted by Gasteiger charge is 2.36. The zero-order valence-electron chi connectivity index (χ0n) is 30.9. The van der Waals surface area contributed by atoms with E-state index in [-0.39, 0.29) is 35.5 Å². The number of halogens is 2. The molecule has 2 saturated heterocycles. The quantitative estimate of drug-likeness (QED) is 0.156. The summed E-state index contributed by atoms with van der Waals surface area (Å²) in [4.78, 5) is 0. The van der Waals surface area contributed by atoms with E-state index in [9.17, 15) is 0 Å². The summed E-state index contributed by atoms with van der Waals surface area (Å²) in [5.41, 5.74) is 2.34. The first kappa shape index (κ1) is 38.4. The molecule has 0 amide bonds. The van der Waals surface area contributed by atoms with E-state index in [0.29, 0.717) is 29.9 Å². The van der Waals surface area contributed by atoms with Crippen LogP contribution in [0.4, 0.5) is 8.78 Å². The minimum atomic E-state index is -0.884. The van der Waals surface area contributed by atoms with Crippen LogP contribution in [-0.4, -0.2) is 31.7 Å². The summed E-state index contributed by atoms with van der Waals surface area (Å²) < 4.78 is 55.6. The highest BCUT2D eigenvalue weighted by Crippen LogP contribution is 2.41. The number of hydrogen-bond donors (Lipinski definition) is 0. The average Bonchev–Trinajstić information content (AvgIpc) is 3.12. The Morgan fingerprint density at radius 1 is 0.612 bits per heavy atom. The highest BCUT2D eigenvalue weighted by molar-refractivity contribution is 5.65. The summed E-state index contributed by atoms with van der Waals surface area (Å²) in [6.45, 7) is 10.1. The van der Waals surface area contributed by atoms with Crippen molar-refractivity contribution < 1.29 is 27.7 Å². The number of ether oxygens (including phenoxy) is 4. The van der Waals surface area contributed by atoms with E-state index in [1.807, 2.05) is 19.1 Å². The topological polar surface area (TPSA) is 36.9 Å². The Bertz CT molecular complexity index is 1240. The summed E-state index contributed by atoms with van der Waals surface area (Å²) in [5.74, 6) is -0.0519. The van der Waals surface area contributed by atoms with Gasteiger partial charge in [0.1, 0.15) is 0 Å². The van der Waals surface area contributed by atoms with Gasteiger partial charge in [-0.3, -0.25) is 0 Å². The van der Waals surface area contributed by atoms with Gasteiger partial charge in [0.25, 0.3) is 0 Å². The van der Waals surface area contributed by atoms with Crippen molar-refractivity contribution in [2.24, 2.45) is 17.8 Å². The van der Waals surface area contributed by atoms with Gasteiger partial charge in [-0.25, -0.2) is 8.78 Å². The summed E-state index contributed by atoms with van der Waals surface area (Å²) in [5, 5.41) is 0. The van der Waals surface area contributed by atoms with Crippen LogP contribution in [0.1, 0.15) is 160 Å². The molecule has 0 bridgehead atoms. The van der Waals surface area contributed by atoms with E-state index in [4.69, 9.17) is 18.9 Å². The smallest absolute Gasteiger partial charge is 0.187 e. The van der Waals surface area contributed by atoms with Crippen molar-refractivity contribution in [1.29, 1.82) is 0 Å². The molecule has 2 unspecified atom stereocenters. The zero-order valence-corrected chi connectivity index (χ0v) is 30.9. The van der Waals surface area contributed by atoms with E-state index in [1.165, 1.54) is 76.2 Å². The lowest BCUT2D eigenvalue weighted by molar-refractivity contribution is -0.257. The maximum Gasteiger partial charge on any atom is 0.187 e. The van der Waals surface area contributed by atoms with Gasteiger partial charge in [0.05, 0.1) is 25.4 Å². The van der Waals surface area contributed by atoms with Crippen molar-refractivity contribution >= 4 is 0 Å². The fourth-order valence-corrected chi connectivity index (χ4v) is 8.28. The van der Waals surface area contributed by atoms with Gasteiger partial charge in [-0.15, -0.1) is 0 Å². The van der Waals surface area contributed by atoms with E-state index in [2.05, 4.69) is 32.9 Å². The highest BCUT2D eigenvalue weighted by atomic mass is 19.2. The van der Waals surface area contributed by atoms with Crippen LogP contribution in [0.25, 0.3) is 11.1 Å². The molecule has 6 heteroatoms. The summed E-state index contributed by atoms with van der Waals surface area (Å²) in [6.07, 6.45) is 19.9. The Kier molecular flexibility index (Phi) is 15.4. The number of unbranched alkanes of at least 4 members (excludes halogenated alkanes) is 9. The molecule has 0 aromatic heterocycles. The van der Waals surface area contributed by atoms with Gasteiger partial charge in [0.2, 0.25) is 0 Å². The molecule has 4 nitrogen and oxygen atoms in total. The molecule has 0 radical (unpaired) electrons. The molecule has 49 heavy (non-hydrogen) atoms. The molecular weight excluding hydrogens is 618 g/mol. The van der Waals surface area contributed by atoms with Gasteiger partial charge in [-0.1, -0.05) is 121 Å². The first-order chi connectivity index (χ1) is 23.9. The fourth-order valence-electron chi connectivity index (χ4n) is 8.28. The third kappa shape index (κ3) is 10.6. The number of rotatable bonds is 17. The van der Waals surface area contributed by atoms with Crippen LogP contribution in [0.2, 0.25) is 0 Å². The third-order valence-corrected chi connectivity index (χ3v) is 11.8. The number of hydrogen-bond acceptors (Lipinski definition) is 4. The first-order valence-electron chi connectivity index (χ1n) is 20.0. The fraction of sp³-hybridized carbons (Fsp3) is 0.721. The van der Waals surface area contributed by atoms with Crippen molar-refractivity contribution in [1.82, 2.24) is 0 Å². The number of benzene rings is 2. The third-order valence-electron chi connectivity index (χ3n) is 11.8. The van der Waals surface area contributed by atoms with E-state index >= 15 is 8.78 Å². The molecule has 2 aliphatic heterocycles. The van der Waals surface area contributed by atoms with Gasteiger partial charge in [-0.05, 0) is 69.4 Å². The van der Waals surface area contributed by atoms with Crippen LogP contribution in [0.3, 0.4) is 0 Å². The molecule has 5 rings (SSSR count). The van der Waals surface area contributed by atoms with Gasteiger partial charge < -0.3 is 18.9 Å². The van der Waals surface area contributed by atoms with Crippen molar-refractivity contribution in [3.63, 3.8) is 0 Å². The summed E-state index contributed by atoms with van der Waals surface area (Å²) in [7, 11) is 0. The van der Waals surface area contributed by atoms with Crippen LogP contribution < -0.4 is 0 Å². The van der Waals surface area contributed by atoms with Crippen LogP contribution in [0.15, 0.2) is 36.4 Å². The predicted octanol–water partition coefficient (Wildman–Crippen LogP) is 12.4. The van der Waals surface area contributed by atoms with Gasteiger partial charge >= 0.3 is 0 Å². The molecule has 0 spiro atoms. The Balaban J connectivity index is 1.07. The molecule has 274 valence electrons. The molecular formula is C43H64F2O4. The lowest BCUT2D eigenvalue weighted by Gasteiger charge is -2.40. The Hall–Kier alpha value is -1.86. The molecule has 0 N–H and O–H groups in total. The molecule has 1 aliphatic carbocycles. The maximum absolute atomic E-state index is 15.5. The maximum atomic E-state index is 15.5. The SMILES string of the molecule is CCCCCCCC[C@@H]1CO[C@@H](C2CCC(c3ccc(-c4ccc([C@@H]5OC[C@@H](CCCCCCC)C(C)O5)c(F)c4F)cc3)CC2)OC1C. The van der Waals surface area contributed by atoms with Crippen LogP contribution in [0, 0.1) is 29.4 Å². The minimum absolute atomic E-state index is 0.0620. The predicted molar refractivity (Wildman–Crippen MR) is 194 cm³/mol. The normalized spacial score (nSPS) is 29.3. The molecule has 6 atom stereocenters. The first-order valence-corrected chi connectivity index (χ1v) is 20.0. The second-order valence-corrected chi connectivity index (χ2v) is 15.4. The Morgan fingerprint density at radius 2 is 1.18 bits per heavy atom. The minimum Gasteiger partial charge on any atom is -0.352 e. The lowest BCUT2D eigenvalue weighted by Crippen LogP contribution is -2.42. The monoisotopic (exact) mass is 682 g/mol. The van der Waals surface area contributed by atoms with Crippen LogP contribution in [0.5, 0.6) is 0 Å². The van der Waals surface area contributed by atoms with E-state index in [1.54, 1.807) is 12.1 Å². The second-order valence-electron chi connectivity index (χ2n) is 15.4. The second kappa shape index (κ2) is 19.7. The van der Waals surface area contributed by atoms with Crippen molar-refractivity contribution in [3.05, 3.63) is 59.2 Å². The molecule has 2 aromatic rings. The van der Waals surface area contributed by atoms with Crippen molar-refractivity contribution in [2.45, 2.75) is 168 Å².